The van der Waals surface area contributed by atoms with Gasteiger partial charge in [-0.1, -0.05) is 66.7 Å². The van der Waals surface area contributed by atoms with Crippen molar-refractivity contribution in [2.24, 2.45) is 0 Å². The maximum absolute atomic E-state index is 12.8. The Kier molecular flexibility index (Phi) is 6.28. The van der Waals surface area contributed by atoms with Crippen LogP contribution in [0.5, 0.6) is 0 Å². The third kappa shape index (κ3) is 5.29. The van der Waals surface area contributed by atoms with Crippen LogP contribution in [0.3, 0.4) is 0 Å². The van der Waals surface area contributed by atoms with Gasteiger partial charge in [0.1, 0.15) is 0 Å². The van der Waals surface area contributed by atoms with E-state index in [0.717, 1.165) is 58.7 Å². The van der Waals surface area contributed by atoms with Crippen LogP contribution in [-0.2, 0) is 12.4 Å². The fourth-order valence-electron chi connectivity index (χ4n) is 3.80. The molecule has 0 heterocycles. The van der Waals surface area contributed by atoms with Crippen LogP contribution in [0.4, 0.5) is 26.3 Å². The summed E-state index contributed by atoms with van der Waals surface area (Å²) in [6, 6.07) is 21.3. The summed E-state index contributed by atoms with van der Waals surface area (Å²) in [5, 5.41) is 0. The van der Waals surface area contributed by atoms with Crippen LogP contribution in [0.2, 0.25) is 0 Å². The molecule has 0 spiro atoms. The Morgan fingerprint density at radius 3 is 1.40 bits per heavy atom. The van der Waals surface area contributed by atoms with Crippen LogP contribution in [-0.4, -0.2) is 5.78 Å². The van der Waals surface area contributed by atoms with Gasteiger partial charge in [0.2, 0.25) is 0 Å². The van der Waals surface area contributed by atoms with Crippen molar-refractivity contribution in [3.05, 3.63) is 119 Å². The largest absolute Gasteiger partial charge is 0.416 e. The van der Waals surface area contributed by atoms with E-state index in [0.29, 0.717) is 11.1 Å². The van der Waals surface area contributed by atoms with Crippen molar-refractivity contribution in [1.29, 1.82) is 0 Å². The molecule has 0 unspecified atom stereocenters. The summed E-state index contributed by atoms with van der Waals surface area (Å²) >= 11 is 0. The molecule has 0 saturated heterocycles. The second-order valence-corrected chi connectivity index (χ2v) is 8.09. The number of halogens is 6. The minimum absolute atomic E-state index is 0.155. The van der Waals surface area contributed by atoms with Gasteiger partial charge in [0.05, 0.1) is 11.1 Å². The predicted molar refractivity (Wildman–Crippen MR) is 122 cm³/mol. The van der Waals surface area contributed by atoms with Crippen molar-refractivity contribution in [1.82, 2.24) is 0 Å². The predicted octanol–water partition coefficient (Wildman–Crippen LogP) is 8.60. The van der Waals surface area contributed by atoms with Gasteiger partial charge in [0.15, 0.2) is 5.78 Å². The second kappa shape index (κ2) is 9.06. The van der Waals surface area contributed by atoms with Gasteiger partial charge in [-0.05, 0) is 59.0 Å². The topological polar surface area (TPSA) is 17.1 Å². The van der Waals surface area contributed by atoms with Crippen molar-refractivity contribution in [3.8, 4) is 22.3 Å². The number of hydrogen-bond acceptors (Lipinski definition) is 1. The molecule has 0 aliphatic heterocycles. The van der Waals surface area contributed by atoms with Crippen LogP contribution >= 0.6 is 0 Å². The molecule has 35 heavy (non-hydrogen) atoms. The first-order chi connectivity index (χ1) is 16.4. The lowest BCUT2D eigenvalue weighted by molar-refractivity contribution is -0.138. The number of benzene rings is 4. The monoisotopic (exact) mass is 484 g/mol. The summed E-state index contributed by atoms with van der Waals surface area (Å²) in [7, 11) is 0. The molecular weight excluding hydrogens is 466 g/mol. The van der Waals surface area contributed by atoms with Crippen LogP contribution in [0.25, 0.3) is 22.3 Å². The summed E-state index contributed by atoms with van der Waals surface area (Å²) in [5.41, 5.74) is 2.97. The fourth-order valence-corrected chi connectivity index (χ4v) is 3.80. The first-order valence-corrected chi connectivity index (χ1v) is 10.5. The maximum Gasteiger partial charge on any atom is 0.416 e. The molecule has 178 valence electrons. The van der Waals surface area contributed by atoms with Gasteiger partial charge < -0.3 is 0 Å². The van der Waals surface area contributed by atoms with E-state index in [1.807, 2.05) is 25.1 Å². The highest BCUT2D eigenvalue weighted by Crippen LogP contribution is 2.33. The standard InChI is InChI=1S/C28H18F6O/c1-17-16-22(10-15-25(17)19-6-11-23(12-7-19)27(29,30)31)18-2-4-20(5-3-18)26(35)21-8-13-24(14-9-21)28(32,33)34/h2-16H,1H3. The molecule has 7 heteroatoms. The third-order valence-electron chi connectivity index (χ3n) is 5.70. The summed E-state index contributed by atoms with van der Waals surface area (Å²) in [4.78, 5) is 12.6. The number of aryl methyl sites for hydroxylation is 1. The minimum Gasteiger partial charge on any atom is -0.289 e. The summed E-state index contributed by atoms with van der Waals surface area (Å²) in [6.07, 6.45) is -8.86. The average molecular weight is 484 g/mol. The SMILES string of the molecule is Cc1cc(-c2ccc(C(=O)c3ccc(C(F)(F)F)cc3)cc2)ccc1-c1ccc(C(F)(F)F)cc1. The van der Waals surface area contributed by atoms with Crippen molar-refractivity contribution in [2.75, 3.05) is 0 Å². The van der Waals surface area contributed by atoms with Crippen LogP contribution in [0.15, 0.2) is 91.0 Å². The van der Waals surface area contributed by atoms with Gasteiger partial charge in [-0.3, -0.25) is 4.79 Å². The molecule has 0 saturated carbocycles. The summed E-state index contributed by atoms with van der Waals surface area (Å²) in [6.45, 7) is 1.86. The lowest BCUT2D eigenvalue weighted by Crippen LogP contribution is -2.06. The van der Waals surface area contributed by atoms with Gasteiger partial charge in [-0.15, -0.1) is 0 Å². The molecule has 0 bridgehead atoms. The van der Waals surface area contributed by atoms with E-state index in [2.05, 4.69) is 0 Å². The zero-order valence-electron chi connectivity index (χ0n) is 18.3. The zero-order chi connectivity index (χ0) is 25.4. The van der Waals surface area contributed by atoms with Crippen molar-refractivity contribution >= 4 is 5.78 Å². The Balaban J connectivity index is 1.53. The number of alkyl halides is 6. The Labute approximate surface area is 197 Å². The molecule has 0 aliphatic carbocycles. The molecule has 0 amide bonds. The molecule has 0 radical (unpaired) electrons. The van der Waals surface area contributed by atoms with Crippen molar-refractivity contribution in [2.45, 2.75) is 19.3 Å². The van der Waals surface area contributed by atoms with E-state index < -0.39 is 23.5 Å². The van der Waals surface area contributed by atoms with E-state index in [4.69, 9.17) is 0 Å². The number of carbonyl (C=O) groups excluding carboxylic acids is 1. The Hall–Kier alpha value is -3.87. The lowest BCUT2D eigenvalue weighted by atomic mass is 9.94. The lowest BCUT2D eigenvalue weighted by Gasteiger charge is -2.12. The minimum atomic E-state index is -4.47. The van der Waals surface area contributed by atoms with E-state index in [-0.39, 0.29) is 11.3 Å². The molecule has 0 fully saturated rings. The first-order valence-electron chi connectivity index (χ1n) is 10.5. The van der Waals surface area contributed by atoms with E-state index in [9.17, 15) is 31.1 Å². The fraction of sp³-hybridized carbons (Fsp3) is 0.107. The molecule has 0 atom stereocenters. The van der Waals surface area contributed by atoms with Gasteiger partial charge in [-0.25, -0.2) is 0 Å². The van der Waals surface area contributed by atoms with Gasteiger partial charge >= 0.3 is 12.4 Å². The van der Waals surface area contributed by atoms with E-state index in [1.165, 1.54) is 12.1 Å². The molecule has 4 aromatic rings. The quantitative estimate of drug-likeness (QED) is 0.209. The van der Waals surface area contributed by atoms with Crippen LogP contribution in [0.1, 0.15) is 32.6 Å². The summed E-state index contributed by atoms with van der Waals surface area (Å²) < 4.78 is 76.6. The molecule has 0 N–H and O–H groups in total. The highest BCUT2D eigenvalue weighted by atomic mass is 19.4. The maximum atomic E-state index is 12.8. The van der Waals surface area contributed by atoms with Crippen molar-refractivity contribution in [3.63, 3.8) is 0 Å². The van der Waals surface area contributed by atoms with Crippen molar-refractivity contribution < 1.29 is 31.1 Å². The van der Waals surface area contributed by atoms with E-state index >= 15 is 0 Å². The molecule has 4 aromatic carbocycles. The third-order valence-corrected chi connectivity index (χ3v) is 5.70. The summed E-state index contributed by atoms with van der Waals surface area (Å²) in [5.74, 6) is -0.390. The number of carbonyl (C=O) groups is 1. The smallest absolute Gasteiger partial charge is 0.289 e. The Morgan fingerprint density at radius 1 is 0.543 bits per heavy atom. The van der Waals surface area contributed by atoms with Crippen LogP contribution in [0, 0.1) is 6.92 Å². The molecule has 0 aliphatic rings. The first kappa shape index (κ1) is 24.3. The highest BCUT2D eigenvalue weighted by Gasteiger charge is 2.31. The number of ketones is 1. The number of hydrogen-bond donors (Lipinski definition) is 0. The molecular formula is C28H18F6O. The highest BCUT2D eigenvalue weighted by molar-refractivity contribution is 6.09. The Morgan fingerprint density at radius 2 is 0.943 bits per heavy atom. The van der Waals surface area contributed by atoms with Crippen LogP contribution < -0.4 is 0 Å². The van der Waals surface area contributed by atoms with Gasteiger partial charge in [0.25, 0.3) is 0 Å². The normalized spacial score (nSPS) is 12.0. The average Bonchev–Trinajstić information content (AvgIpc) is 2.83. The molecule has 0 aromatic heterocycles. The Bertz CT molecular complexity index is 1350. The second-order valence-electron chi connectivity index (χ2n) is 8.09. The zero-order valence-corrected chi connectivity index (χ0v) is 18.3. The van der Waals surface area contributed by atoms with Gasteiger partial charge in [0, 0.05) is 11.1 Å². The molecule has 1 nitrogen and oxygen atoms in total. The van der Waals surface area contributed by atoms with E-state index in [1.54, 1.807) is 24.3 Å². The van der Waals surface area contributed by atoms with Gasteiger partial charge in [-0.2, -0.15) is 26.3 Å². The number of rotatable bonds is 4. The molecule has 4 rings (SSSR count).